The highest BCUT2D eigenvalue weighted by molar-refractivity contribution is 6.33. The van der Waals surface area contributed by atoms with Gasteiger partial charge in [-0.25, -0.2) is 0 Å². The van der Waals surface area contributed by atoms with Crippen molar-refractivity contribution in [2.75, 3.05) is 0 Å². The van der Waals surface area contributed by atoms with Crippen molar-refractivity contribution in [1.82, 2.24) is 19.7 Å². The lowest BCUT2D eigenvalue weighted by Crippen LogP contribution is -2.01. The topological polar surface area (TPSA) is 43.6 Å². The van der Waals surface area contributed by atoms with Crippen LogP contribution in [0.2, 0.25) is 0 Å². The van der Waals surface area contributed by atoms with E-state index in [1.165, 1.54) is 11.3 Å². The zero-order chi connectivity index (χ0) is 16.8. The third-order valence-corrected chi connectivity index (χ3v) is 4.78. The summed E-state index contributed by atoms with van der Waals surface area (Å²) in [5.74, 6) is 0. The lowest BCUT2D eigenvalue weighted by atomic mass is 9.91. The molecule has 0 aliphatic carbocycles. The third-order valence-electron chi connectivity index (χ3n) is 4.78. The van der Waals surface area contributed by atoms with E-state index in [0.717, 1.165) is 52.7 Å². The highest BCUT2D eigenvalue weighted by atomic mass is 15.3. The Morgan fingerprint density at radius 3 is 2.84 bits per heavy atom. The Hall–Kier alpha value is -2.95. The molecule has 0 unspecified atom stereocenters. The molecule has 1 aliphatic rings. The van der Waals surface area contributed by atoms with E-state index in [9.17, 15) is 0 Å². The average Bonchev–Trinajstić information content (AvgIpc) is 3.22. The predicted molar refractivity (Wildman–Crippen MR) is 99.9 cm³/mol. The van der Waals surface area contributed by atoms with Gasteiger partial charge in [0.1, 0.15) is 13.5 Å². The fourth-order valence-corrected chi connectivity index (χ4v) is 3.68. The van der Waals surface area contributed by atoms with Crippen molar-refractivity contribution in [2.24, 2.45) is 0 Å². The molecule has 5 heteroatoms. The molecule has 2 radical (unpaired) electrons. The van der Waals surface area contributed by atoms with Gasteiger partial charge in [-0.05, 0) is 42.7 Å². The Kier molecular flexibility index (Phi) is 3.20. The Bertz CT molecular complexity index is 1090. The van der Waals surface area contributed by atoms with E-state index in [1.807, 2.05) is 48.8 Å². The van der Waals surface area contributed by atoms with E-state index < -0.39 is 0 Å². The van der Waals surface area contributed by atoms with Crippen LogP contribution in [0.3, 0.4) is 0 Å². The van der Waals surface area contributed by atoms with Crippen LogP contribution in [0.5, 0.6) is 0 Å². The van der Waals surface area contributed by atoms with Crippen molar-refractivity contribution in [2.45, 2.75) is 19.4 Å². The van der Waals surface area contributed by atoms with Gasteiger partial charge in [0.05, 0.1) is 11.2 Å². The van der Waals surface area contributed by atoms with Gasteiger partial charge in [-0.1, -0.05) is 23.7 Å². The maximum absolute atomic E-state index is 5.94. The molecule has 4 nitrogen and oxygen atoms in total. The first kappa shape index (κ1) is 14.4. The molecule has 0 amide bonds. The van der Waals surface area contributed by atoms with Crippen molar-refractivity contribution in [3.05, 3.63) is 60.6 Å². The average molecular weight is 322 g/mol. The van der Waals surface area contributed by atoms with Gasteiger partial charge in [-0.15, -0.1) is 0 Å². The number of benzene rings is 1. The SMILES string of the molecule is [B]c1ccc2c(-c3c(-c4ccccn4)nn4c3CCC4)ccnc2c1. The summed E-state index contributed by atoms with van der Waals surface area (Å²) >= 11 is 0. The molecule has 0 saturated carbocycles. The smallest absolute Gasteiger partial charge is 0.119 e. The largest absolute Gasteiger partial charge is 0.268 e. The molecule has 0 spiro atoms. The maximum Gasteiger partial charge on any atom is 0.119 e. The molecule has 0 atom stereocenters. The van der Waals surface area contributed by atoms with Gasteiger partial charge in [0.25, 0.3) is 0 Å². The molecule has 1 aliphatic heterocycles. The van der Waals surface area contributed by atoms with Gasteiger partial charge in [-0.2, -0.15) is 5.10 Å². The number of hydrogen-bond donors (Lipinski definition) is 0. The summed E-state index contributed by atoms with van der Waals surface area (Å²) in [5.41, 5.74) is 7.08. The number of pyridine rings is 2. The fourth-order valence-electron chi connectivity index (χ4n) is 3.68. The minimum Gasteiger partial charge on any atom is -0.268 e. The maximum atomic E-state index is 5.94. The molecular weight excluding hydrogens is 307 g/mol. The Balaban J connectivity index is 1.83. The lowest BCUT2D eigenvalue weighted by molar-refractivity contribution is 0.658. The Labute approximate surface area is 147 Å². The lowest BCUT2D eigenvalue weighted by Gasteiger charge is -2.09. The molecule has 4 heterocycles. The van der Waals surface area contributed by atoms with Gasteiger partial charge < -0.3 is 0 Å². The fraction of sp³-hybridized carbons (Fsp3) is 0.150. The van der Waals surface area contributed by atoms with Gasteiger partial charge in [0.15, 0.2) is 0 Å². The van der Waals surface area contributed by atoms with E-state index in [2.05, 4.69) is 20.7 Å². The second kappa shape index (κ2) is 5.55. The van der Waals surface area contributed by atoms with Crippen molar-refractivity contribution in [3.8, 4) is 22.5 Å². The summed E-state index contributed by atoms with van der Waals surface area (Å²) in [6.45, 7) is 0.963. The van der Waals surface area contributed by atoms with E-state index in [4.69, 9.17) is 12.9 Å². The monoisotopic (exact) mass is 322 g/mol. The molecular formula is C20H15BN4. The summed E-state index contributed by atoms with van der Waals surface area (Å²) < 4.78 is 2.13. The van der Waals surface area contributed by atoms with Crippen LogP contribution in [0.15, 0.2) is 54.9 Å². The molecule has 1 aromatic carbocycles. The van der Waals surface area contributed by atoms with E-state index in [1.54, 1.807) is 0 Å². The van der Waals surface area contributed by atoms with Crippen LogP contribution < -0.4 is 5.46 Å². The predicted octanol–water partition coefficient (Wildman–Crippen LogP) is 2.90. The first-order valence-electron chi connectivity index (χ1n) is 8.47. The van der Waals surface area contributed by atoms with Gasteiger partial charge in [0, 0.05) is 35.6 Å². The molecule has 118 valence electrons. The van der Waals surface area contributed by atoms with Crippen LogP contribution in [0, 0.1) is 0 Å². The normalized spacial score (nSPS) is 13.3. The summed E-state index contributed by atoms with van der Waals surface area (Å²) in [6, 6.07) is 13.9. The zero-order valence-corrected chi connectivity index (χ0v) is 13.7. The highest BCUT2D eigenvalue weighted by Crippen LogP contribution is 2.39. The van der Waals surface area contributed by atoms with Gasteiger partial charge in [0.2, 0.25) is 0 Å². The van der Waals surface area contributed by atoms with E-state index >= 15 is 0 Å². The van der Waals surface area contributed by atoms with Crippen LogP contribution >= 0.6 is 0 Å². The van der Waals surface area contributed by atoms with Crippen molar-refractivity contribution in [3.63, 3.8) is 0 Å². The number of hydrogen-bond acceptors (Lipinski definition) is 3. The first-order valence-corrected chi connectivity index (χ1v) is 8.47. The number of rotatable bonds is 2. The standard InChI is InChI=1S/C20H15BN4/c21-13-6-7-14-15(8-10-23-17(14)12-13)19-18-5-3-11-25(18)24-20(19)16-4-1-2-9-22-16/h1-2,4,6-10,12H,3,5,11H2. The quantitative estimate of drug-likeness (QED) is 0.533. The van der Waals surface area contributed by atoms with Crippen LogP contribution in [0.1, 0.15) is 12.1 Å². The zero-order valence-electron chi connectivity index (χ0n) is 13.7. The number of nitrogens with zero attached hydrogens (tertiary/aromatic N) is 4. The molecule has 5 rings (SSSR count). The number of fused-ring (bicyclic) bond motifs is 2. The summed E-state index contributed by atoms with van der Waals surface area (Å²) in [6.07, 6.45) is 5.83. The molecule has 0 fully saturated rings. The highest BCUT2D eigenvalue weighted by Gasteiger charge is 2.25. The second-order valence-electron chi connectivity index (χ2n) is 6.35. The van der Waals surface area contributed by atoms with Crippen LogP contribution in [-0.4, -0.2) is 27.6 Å². The van der Waals surface area contributed by atoms with Crippen molar-refractivity contribution >= 4 is 24.2 Å². The Morgan fingerprint density at radius 1 is 1.00 bits per heavy atom. The van der Waals surface area contributed by atoms with Crippen LogP contribution in [0.25, 0.3) is 33.4 Å². The minimum absolute atomic E-state index is 0.724. The van der Waals surface area contributed by atoms with Crippen molar-refractivity contribution < 1.29 is 0 Å². The second-order valence-corrected chi connectivity index (χ2v) is 6.35. The Morgan fingerprint density at radius 2 is 1.96 bits per heavy atom. The minimum atomic E-state index is 0.724. The molecule has 3 aromatic heterocycles. The number of aryl methyl sites for hydroxylation is 1. The number of aromatic nitrogens is 4. The van der Waals surface area contributed by atoms with Gasteiger partial charge in [-0.3, -0.25) is 14.6 Å². The summed E-state index contributed by atoms with van der Waals surface area (Å²) in [4.78, 5) is 9.02. The summed E-state index contributed by atoms with van der Waals surface area (Å²) in [5, 5.41) is 5.96. The summed E-state index contributed by atoms with van der Waals surface area (Å²) in [7, 11) is 5.94. The van der Waals surface area contributed by atoms with E-state index in [-0.39, 0.29) is 0 Å². The third kappa shape index (κ3) is 2.27. The van der Waals surface area contributed by atoms with Crippen LogP contribution in [0.4, 0.5) is 0 Å². The van der Waals surface area contributed by atoms with Gasteiger partial charge >= 0.3 is 0 Å². The molecule has 0 saturated heterocycles. The van der Waals surface area contributed by atoms with E-state index in [0.29, 0.717) is 0 Å². The van der Waals surface area contributed by atoms with Crippen molar-refractivity contribution in [1.29, 1.82) is 0 Å². The molecule has 4 aromatic rings. The van der Waals surface area contributed by atoms with Crippen LogP contribution in [-0.2, 0) is 13.0 Å². The molecule has 0 N–H and O–H groups in total. The molecule has 25 heavy (non-hydrogen) atoms. The first-order chi connectivity index (χ1) is 12.3. The molecule has 0 bridgehead atoms.